The molecule has 0 aliphatic carbocycles. The lowest BCUT2D eigenvalue weighted by molar-refractivity contribution is -0.127. The fourth-order valence-corrected chi connectivity index (χ4v) is 4.61. The van der Waals surface area contributed by atoms with Gasteiger partial charge < -0.3 is 15.0 Å². The zero-order chi connectivity index (χ0) is 20.6. The SMILES string of the molecule is Cc1ccccc1CN1CCC(N2CCC(C(=O)NCCOC(C)C)CC2)CC1. The molecular formula is C24H39N3O2. The fraction of sp³-hybridized carbons (Fsp3) is 0.708. The van der Waals surface area contributed by atoms with Gasteiger partial charge >= 0.3 is 0 Å². The van der Waals surface area contributed by atoms with Crippen molar-refractivity contribution in [2.24, 2.45) is 5.92 Å². The normalized spacial score (nSPS) is 20.3. The number of aryl methyl sites for hydroxylation is 1. The fourth-order valence-electron chi connectivity index (χ4n) is 4.61. The number of rotatable bonds is 8. The van der Waals surface area contributed by atoms with E-state index >= 15 is 0 Å². The summed E-state index contributed by atoms with van der Waals surface area (Å²) in [5, 5.41) is 3.05. The Morgan fingerprint density at radius 1 is 1.10 bits per heavy atom. The molecule has 1 amide bonds. The molecule has 0 spiro atoms. The standard InChI is InChI=1S/C24H39N3O2/c1-19(2)29-17-12-25-24(28)21-8-15-27(16-9-21)23-10-13-26(14-11-23)18-22-7-5-4-6-20(22)3/h4-7,19,21,23H,8-18H2,1-3H3,(H,25,28). The average Bonchev–Trinajstić information content (AvgIpc) is 2.73. The number of carbonyl (C=O) groups excluding carboxylic acids is 1. The Hall–Kier alpha value is -1.43. The zero-order valence-electron chi connectivity index (χ0n) is 18.5. The minimum atomic E-state index is 0.173. The molecule has 2 aliphatic rings. The largest absolute Gasteiger partial charge is 0.377 e. The number of piperidine rings is 2. The zero-order valence-corrected chi connectivity index (χ0v) is 18.5. The molecule has 3 rings (SSSR count). The lowest BCUT2D eigenvalue weighted by Crippen LogP contribution is -2.49. The number of nitrogens with zero attached hydrogens (tertiary/aromatic N) is 2. The van der Waals surface area contributed by atoms with E-state index in [4.69, 9.17) is 4.74 Å². The minimum absolute atomic E-state index is 0.173. The van der Waals surface area contributed by atoms with Crippen LogP contribution in [0.2, 0.25) is 0 Å². The van der Waals surface area contributed by atoms with Crippen LogP contribution in [0, 0.1) is 12.8 Å². The highest BCUT2D eigenvalue weighted by atomic mass is 16.5. The number of benzene rings is 1. The van der Waals surface area contributed by atoms with E-state index in [-0.39, 0.29) is 17.9 Å². The van der Waals surface area contributed by atoms with E-state index in [0.717, 1.165) is 32.5 Å². The van der Waals surface area contributed by atoms with Crippen LogP contribution in [0.25, 0.3) is 0 Å². The van der Waals surface area contributed by atoms with Gasteiger partial charge in [-0.1, -0.05) is 24.3 Å². The molecule has 0 radical (unpaired) electrons. The maximum atomic E-state index is 12.4. The van der Waals surface area contributed by atoms with Crippen LogP contribution < -0.4 is 5.32 Å². The lowest BCUT2D eigenvalue weighted by atomic mass is 9.92. The van der Waals surface area contributed by atoms with E-state index in [0.29, 0.717) is 19.2 Å². The minimum Gasteiger partial charge on any atom is -0.377 e. The van der Waals surface area contributed by atoms with Crippen LogP contribution in [0.1, 0.15) is 50.7 Å². The predicted molar refractivity (Wildman–Crippen MR) is 118 cm³/mol. The van der Waals surface area contributed by atoms with E-state index in [9.17, 15) is 4.79 Å². The summed E-state index contributed by atoms with van der Waals surface area (Å²) in [6, 6.07) is 9.42. The molecule has 0 unspecified atom stereocenters. The number of carbonyl (C=O) groups is 1. The number of ether oxygens (including phenoxy) is 1. The molecular weight excluding hydrogens is 362 g/mol. The smallest absolute Gasteiger partial charge is 0.223 e. The van der Waals surface area contributed by atoms with Gasteiger partial charge in [-0.25, -0.2) is 0 Å². The Morgan fingerprint density at radius 3 is 2.45 bits per heavy atom. The van der Waals surface area contributed by atoms with Crippen molar-refractivity contribution in [2.45, 2.75) is 65.1 Å². The molecule has 2 heterocycles. The summed E-state index contributed by atoms with van der Waals surface area (Å²) in [4.78, 5) is 17.6. The van der Waals surface area contributed by atoms with Crippen LogP contribution in [-0.4, -0.2) is 67.2 Å². The first-order valence-corrected chi connectivity index (χ1v) is 11.4. The third kappa shape index (κ3) is 6.80. The average molecular weight is 402 g/mol. The van der Waals surface area contributed by atoms with Crippen LogP contribution in [0.4, 0.5) is 0 Å². The van der Waals surface area contributed by atoms with Gasteiger partial charge in [0.15, 0.2) is 0 Å². The van der Waals surface area contributed by atoms with E-state index in [1.54, 1.807) is 0 Å². The molecule has 0 aromatic heterocycles. The van der Waals surface area contributed by atoms with Crippen LogP contribution in [-0.2, 0) is 16.1 Å². The monoisotopic (exact) mass is 401 g/mol. The second-order valence-corrected chi connectivity index (χ2v) is 8.95. The van der Waals surface area contributed by atoms with Crippen molar-refractivity contribution in [3.63, 3.8) is 0 Å². The summed E-state index contributed by atoms with van der Waals surface area (Å²) >= 11 is 0. The first kappa shape index (κ1) is 22.3. The molecule has 162 valence electrons. The number of hydrogen-bond acceptors (Lipinski definition) is 4. The number of likely N-dealkylation sites (tertiary alicyclic amines) is 2. The molecule has 0 atom stereocenters. The summed E-state index contributed by atoms with van der Waals surface area (Å²) in [6.07, 6.45) is 4.68. The number of hydrogen-bond donors (Lipinski definition) is 1. The summed E-state index contributed by atoms with van der Waals surface area (Å²) in [7, 11) is 0. The van der Waals surface area contributed by atoms with Gasteiger partial charge in [0.1, 0.15) is 0 Å². The van der Waals surface area contributed by atoms with E-state index in [1.165, 1.54) is 37.1 Å². The summed E-state index contributed by atoms with van der Waals surface area (Å²) in [5.41, 5.74) is 2.85. The number of nitrogens with one attached hydrogen (secondary N) is 1. The van der Waals surface area contributed by atoms with Crippen molar-refractivity contribution in [1.29, 1.82) is 0 Å². The maximum Gasteiger partial charge on any atom is 0.223 e. The van der Waals surface area contributed by atoms with Crippen molar-refractivity contribution in [1.82, 2.24) is 15.1 Å². The van der Waals surface area contributed by atoms with Gasteiger partial charge in [-0.05, 0) is 83.8 Å². The first-order valence-electron chi connectivity index (χ1n) is 11.4. The summed E-state index contributed by atoms with van der Waals surface area (Å²) < 4.78 is 5.50. The second-order valence-electron chi connectivity index (χ2n) is 8.95. The van der Waals surface area contributed by atoms with E-state index < -0.39 is 0 Å². The molecule has 0 bridgehead atoms. The van der Waals surface area contributed by atoms with Crippen molar-refractivity contribution >= 4 is 5.91 Å². The van der Waals surface area contributed by atoms with Crippen LogP contribution in [0.3, 0.4) is 0 Å². The Bertz CT molecular complexity index is 633. The highest BCUT2D eigenvalue weighted by Gasteiger charge is 2.30. The van der Waals surface area contributed by atoms with Gasteiger partial charge in [-0.2, -0.15) is 0 Å². The molecule has 2 aliphatic heterocycles. The van der Waals surface area contributed by atoms with Gasteiger partial charge in [0.05, 0.1) is 12.7 Å². The third-order valence-corrected chi connectivity index (χ3v) is 6.48. The molecule has 5 nitrogen and oxygen atoms in total. The Kier molecular flexibility index (Phi) is 8.52. The topological polar surface area (TPSA) is 44.8 Å². The highest BCUT2D eigenvalue weighted by molar-refractivity contribution is 5.78. The van der Waals surface area contributed by atoms with E-state index in [1.807, 2.05) is 13.8 Å². The molecule has 2 saturated heterocycles. The molecule has 5 heteroatoms. The van der Waals surface area contributed by atoms with Crippen molar-refractivity contribution in [3.05, 3.63) is 35.4 Å². The highest BCUT2D eigenvalue weighted by Crippen LogP contribution is 2.25. The quantitative estimate of drug-likeness (QED) is 0.680. The van der Waals surface area contributed by atoms with Crippen molar-refractivity contribution in [2.75, 3.05) is 39.3 Å². The molecule has 2 fully saturated rings. The van der Waals surface area contributed by atoms with Crippen molar-refractivity contribution in [3.8, 4) is 0 Å². The Balaban J connectivity index is 1.34. The Morgan fingerprint density at radius 2 is 1.79 bits per heavy atom. The molecule has 1 aromatic carbocycles. The Labute approximate surface area is 176 Å². The van der Waals surface area contributed by atoms with Crippen LogP contribution in [0.5, 0.6) is 0 Å². The van der Waals surface area contributed by atoms with Gasteiger partial charge in [0.2, 0.25) is 5.91 Å². The molecule has 29 heavy (non-hydrogen) atoms. The van der Waals surface area contributed by atoms with Crippen LogP contribution in [0.15, 0.2) is 24.3 Å². The molecule has 0 saturated carbocycles. The third-order valence-electron chi connectivity index (χ3n) is 6.48. The molecule has 1 aromatic rings. The summed E-state index contributed by atoms with van der Waals surface area (Å²) in [5.74, 6) is 0.386. The lowest BCUT2D eigenvalue weighted by Gasteiger charge is -2.41. The van der Waals surface area contributed by atoms with Crippen LogP contribution >= 0.6 is 0 Å². The second kappa shape index (κ2) is 11.1. The van der Waals surface area contributed by atoms with Crippen molar-refractivity contribution < 1.29 is 9.53 Å². The van der Waals surface area contributed by atoms with Gasteiger partial charge in [-0.3, -0.25) is 9.69 Å². The van der Waals surface area contributed by atoms with Gasteiger partial charge in [0, 0.05) is 25.0 Å². The summed E-state index contributed by atoms with van der Waals surface area (Å²) in [6.45, 7) is 13.0. The van der Waals surface area contributed by atoms with Gasteiger partial charge in [-0.15, -0.1) is 0 Å². The van der Waals surface area contributed by atoms with E-state index in [2.05, 4.69) is 46.3 Å². The first-order chi connectivity index (χ1) is 14.0. The number of amides is 1. The maximum absolute atomic E-state index is 12.4. The van der Waals surface area contributed by atoms with Gasteiger partial charge in [0.25, 0.3) is 0 Å². The molecule has 1 N–H and O–H groups in total. The predicted octanol–water partition coefficient (Wildman–Crippen LogP) is 3.21.